The second-order valence-electron chi connectivity index (χ2n) is 6.85. The minimum atomic E-state index is 0.531. The molecule has 0 aliphatic carbocycles. The summed E-state index contributed by atoms with van der Waals surface area (Å²) in [6.07, 6.45) is 11.3. The van der Waals surface area contributed by atoms with Crippen LogP contribution >= 0.6 is 0 Å². The molecule has 2 saturated heterocycles. The maximum atomic E-state index is 4.98. The van der Waals surface area contributed by atoms with E-state index < -0.39 is 0 Å². The van der Waals surface area contributed by atoms with Crippen LogP contribution in [0, 0.1) is 0 Å². The van der Waals surface area contributed by atoms with Crippen LogP contribution in [-0.4, -0.2) is 55.4 Å². The van der Waals surface area contributed by atoms with E-state index in [1.807, 2.05) is 12.3 Å². The Morgan fingerprint density at radius 2 is 2.12 bits per heavy atom. The summed E-state index contributed by atoms with van der Waals surface area (Å²) in [4.78, 5) is 13.9. The van der Waals surface area contributed by atoms with Crippen LogP contribution in [0.5, 0.6) is 0 Å². The molecule has 134 valence electrons. The van der Waals surface area contributed by atoms with Crippen molar-refractivity contribution >= 4 is 17.5 Å². The summed E-state index contributed by atoms with van der Waals surface area (Å²) in [6, 6.07) is 3.04. The summed E-state index contributed by atoms with van der Waals surface area (Å²) in [5, 5.41) is 13.7. The first-order valence-electron chi connectivity index (χ1n) is 8.83. The van der Waals surface area contributed by atoms with Crippen LogP contribution in [0.4, 0.5) is 17.5 Å². The lowest BCUT2D eigenvalue weighted by Crippen LogP contribution is -2.53. The molecule has 0 amide bonds. The lowest BCUT2D eigenvalue weighted by Gasteiger charge is -2.41. The Morgan fingerprint density at radius 1 is 1.23 bits per heavy atom. The van der Waals surface area contributed by atoms with Gasteiger partial charge in [0.2, 0.25) is 5.95 Å². The lowest BCUT2D eigenvalue weighted by atomic mass is 10.1. The zero-order chi connectivity index (χ0) is 17.3. The van der Waals surface area contributed by atoms with Crippen molar-refractivity contribution in [2.45, 2.75) is 31.5 Å². The first-order valence-corrected chi connectivity index (χ1v) is 8.83. The molecule has 2 atom stereocenters. The van der Waals surface area contributed by atoms with Gasteiger partial charge in [-0.25, -0.2) is 4.98 Å². The van der Waals surface area contributed by atoms with Gasteiger partial charge in [0, 0.05) is 49.7 Å². The van der Waals surface area contributed by atoms with Crippen molar-refractivity contribution in [3.63, 3.8) is 0 Å². The van der Waals surface area contributed by atoms with E-state index in [0.717, 1.165) is 36.7 Å². The number of nitrogens with zero attached hydrogens (tertiary/aromatic N) is 6. The number of hydrogen-bond donors (Lipinski definition) is 2. The van der Waals surface area contributed by atoms with E-state index >= 15 is 0 Å². The van der Waals surface area contributed by atoms with Gasteiger partial charge in [-0.05, 0) is 18.9 Å². The molecule has 3 aromatic heterocycles. The van der Waals surface area contributed by atoms with Gasteiger partial charge >= 0.3 is 0 Å². The quantitative estimate of drug-likeness (QED) is 0.717. The fraction of sp³-hybridized carbons (Fsp3) is 0.412. The Balaban J connectivity index is 1.30. The van der Waals surface area contributed by atoms with E-state index in [1.54, 1.807) is 24.9 Å². The van der Waals surface area contributed by atoms with Crippen molar-refractivity contribution in [2.24, 2.45) is 0 Å². The maximum Gasteiger partial charge on any atom is 0.229 e. The average Bonchev–Trinajstić information content (AvgIpc) is 3.39. The summed E-state index contributed by atoms with van der Waals surface area (Å²) in [5.74, 6) is 1.55. The molecule has 0 radical (unpaired) electrons. The summed E-state index contributed by atoms with van der Waals surface area (Å²) in [7, 11) is 0. The van der Waals surface area contributed by atoms with Crippen molar-refractivity contribution in [1.29, 1.82) is 0 Å². The number of rotatable bonds is 5. The number of fused-ring (bicyclic) bond motifs is 2. The van der Waals surface area contributed by atoms with Crippen molar-refractivity contribution in [3.8, 4) is 0 Å². The molecule has 3 aromatic rings. The molecule has 26 heavy (non-hydrogen) atoms. The van der Waals surface area contributed by atoms with Gasteiger partial charge in [-0.3, -0.25) is 10.00 Å². The Labute approximate surface area is 150 Å². The fourth-order valence-electron chi connectivity index (χ4n) is 3.98. The van der Waals surface area contributed by atoms with Crippen molar-refractivity contribution in [2.75, 3.05) is 23.3 Å². The third-order valence-corrected chi connectivity index (χ3v) is 5.20. The molecule has 9 nitrogen and oxygen atoms in total. The van der Waals surface area contributed by atoms with Gasteiger partial charge in [0.15, 0.2) is 0 Å². The van der Waals surface area contributed by atoms with E-state index in [-0.39, 0.29) is 0 Å². The fourth-order valence-corrected chi connectivity index (χ4v) is 3.98. The van der Waals surface area contributed by atoms with Gasteiger partial charge in [-0.15, -0.1) is 0 Å². The van der Waals surface area contributed by atoms with Gasteiger partial charge in [0.1, 0.15) is 12.1 Å². The number of nitrogens with one attached hydrogen (secondary N) is 2. The van der Waals surface area contributed by atoms with Crippen LogP contribution in [0.2, 0.25) is 0 Å². The normalized spacial score (nSPS) is 22.7. The molecule has 2 fully saturated rings. The van der Waals surface area contributed by atoms with E-state index in [4.69, 9.17) is 4.52 Å². The highest BCUT2D eigenvalue weighted by Crippen LogP contribution is 2.33. The minimum Gasteiger partial charge on any atom is -0.364 e. The number of aromatic amines is 1. The van der Waals surface area contributed by atoms with E-state index in [1.165, 1.54) is 12.8 Å². The Bertz CT molecular complexity index is 836. The summed E-state index contributed by atoms with van der Waals surface area (Å²) in [6.45, 7) is 2.86. The minimum absolute atomic E-state index is 0.531. The van der Waals surface area contributed by atoms with Gasteiger partial charge in [0.25, 0.3) is 0 Å². The van der Waals surface area contributed by atoms with Crippen LogP contribution in [0.15, 0.2) is 41.6 Å². The first-order chi connectivity index (χ1) is 12.8. The molecule has 5 heterocycles. The van der Waals surface area contributed by atoms with Crippen LogP contribution in [0.25, 0.3) is 0 Å². The molecule has 9 heteroatoms. The molecule has 2 unspecified atom stereocenters. The molecule has 0 spiro atoms. The summed E-state index contributed by atoms with van der Waals surface area (Å²) >= 11 is 0. The van der Waals surface area contributed by atoms with Crippen LogP contribution < -0.4 is 10.2 Å². The Kier molecular flexibility index (Phi) is 3.78. The largest absolute Gasteiger partial charge is 0.364 e. The monoisotopic (exact) mass is 352 g/mol. The van der Waals surface area contributed by atoms with E-state index in [0.29, 0.717) is 18.0 Å². The van der Waals surface area contributed by atoms with Crippen molar-refractivity contribution < 1.29 is 4.52 Å². The van der Waals surface area contributed by atoms with E-state index in [2.05, 4.69) is 40.4 Å². The maximum absolute atomic E-state index is 4.98. The Hall–Kier alpha value is -2.94. The summed E-state index contributed by atoms with van der Waals surface area (Å²) < 4.78 is 4.98. The number of piperazine rings is 1. The molecule has 0 aromatic carbocycles. The van der Waals surface area contributed by atoms with E-state index in [9.17, 15) is 0 Å². The zero-order valence-electron chi connectivity index (χ0n) is 14.2. The second-order valence-corrected chi connectivity index (χ2v) is 6.85. The van der Waals surface area contributed by atoms with Crippen LogP contribution in [0.1, 0.15) is 18.4 Å². The number of anilines is 3. The van der Waals surface area contributed by atoms with Crippen molar-refractivity contribution in [1.82, 2.24) is 30.2 Å². The molecule has 5 rings (SSSR count). The predicted octanol–water partition coefficient (Wildman–Crippen LogP) is 1.78. The highest BCUT2D eigenvalue weighted by Gasteiger charge is 2.40. The average molecular weight is 352 g/mol. The predicted molar refractivity (Wildman–Crippen MR) is 95.0 cm³/mol. The number of hydrogen-bond acceptors (Lipinski definition) is 8. The van der Waals surface area contributed by atoms with Gasteiger partial charge in [-0.1, -0.05) is 5.16 Å². The molecular formula is C17H20N8O. The van der Waals surface area contributed by atoms with Crippen LogP contribution in [-0.2, 0) is 6.54 Å². The smallest absolute Gasteiger partial charge is 0.229 e. The Morgan fingerprint density at radius 3 is 2.85 bits per heavy atom. The molecular weight excluding hydrogens is 332 g/mol. The molecule has 2 aliphatic rings. The van der Waals surface area contributed by atoms with Gasteiger partial charge in [-0.2, -0.15) is 10.1 Å². The lowest BCUT2D eigenvalue weighted by molar-refractivity contribution is 0.160. The molecule has 2 N–H and O–H groups in total. The summed E-state index contributed by atoms with van der Waals surface area (Å²) in [5.41, 5.74) is 1.99. The third-order valence-electron chi connectivity index (χ3n) is 5.20. The topological polar surface area (TPSA) is 99.0 Å². The molecule has 2 aliphatic heterocycles. The highest BCUT2D eigenvalue weighted by atomic mass is 16.5. The second kappa shape index (κ2) is 6.41. The third kappa shape index (κ3) is 2.90. The van der Waals surface area contributed by atoms with Crippen LogP contribution in [0.3, 0.4) is 0 Å². The van der Waals surface area contributed by atoms with Gasteiger partial charge in [0.05, 0.1) is 18.1 Å². The first kappa shape index (κ1) is 15.3. The molecule has 2 bridgehead atoms. The van der Waals surface area contributed by atoms with Gasteiger partial charge < -0.3 is 14.7 Å². The van der Waals surface area contributed by atoms with Crippen molar-refractivity contribution in [3.05, 3.63) is 42.7 Å². The standard InChI is InChI=1S/C17H20N8O/c1-2-15-10-24(9-14(1)25(15)8-12-5-21-26-11-12)16-3-4-18-17(23-16)22-13-6-19-20-7-13/h3-7,11,14-15H,1-2,8-10H2,(H,19,20)(H,18,22,23). The number of aromatic nitrogens is 5. The highest BCUT2D eigenvalue weighted by molar-refractivity contribution is 5.53. The number of H-pyrrole nitrogens is 1. The molecule has 0 saturated carbocycles. The SMILES string of the molecule is c1cc(N2CC3CCC(C2)N3Cc2cnoc2)nc(Nc2cn[nH]c2)n1. The zero-order valence-corrected chi connectivity index (χ0v) is 14.2.